The molecule has 5 nitrogen and oxygen atoms in total. The van der Waals surface area contributed by atoms with Crippen LogP contribution < -0.4 is 14.4 Å². The zero-order valence-corrected chi connectivity index (χ0v) is 16.2. The fourth-order valence-corrected chi connectivity index (χ4v) is 3.54. The lowest BCUT2D eigenvalue weighted by Gasteiger charge is -2.16. The molecule has 0 saturated carbocycles. The van der Waals surface area contributed by atoms with Gasteiger partial charge in [-0.25, -0.2) is 4.98 Å². The predicted molar refractivity (Wildman–Crippen MR) is 109 cm³/mol. The van der Waals surface area contributed by atoms with E-state index in [0.29, 0.717) is 18.2 Å². The normalized spacial score (nSPS) is 12.8. The van der Waals surface area contributed by atoms with Crippen molar-refractivity contribution < 1.29 is 14.3 Å². The molecule has 28 heavy (non-hydrogen) atoms. The molecule has 1 amide bonds. The highest BCUT2D eigenvalue weighted by molar-refractivity contribution is 6.10. The monoisotopic (exact) mass is 374 g/mol. The van der Waals surface area contributed by atoms with Crippen molar-refractivity contribution >= 4 is 11.6 Å². The van der Waals surface area contributed by atoms with E-state index in [1.165, 1.54) is 5.56 Å². The molecular weight excluding hydrogens is 352 g/mol. The van der Waals surface area contributed by atoms with E-state index in [4.69, 9.17) is 9.47 Å². The van der Waals surface area contributed by atoms with Crippen LogP contribution in [0.2, 0.25) is 0 Å². The second-order valence-corrected chi connectivity index (χ2v) is 6.72. The van der Waals surface area contributed by atoms with Crippen LogP contribution in [0.15, 0.2) is 54.7 Å². The summed E-state index contributed by atoms with van der Waals surface area (Å²) in [4.78, 5) is 19.0. The van der Waals surface area contributed by atoms with E-state index in [-0.39, 0.29) is 5.91 Å². The minimum atomic E-state index is 0.0419. The fraction of sp³-hybridized carbons (Fsp3) is 0.217. The van der Waals surface area contributed by atoms with Crippen molar-refractivity contribution in [3.8, 4) is 22.8 Å². The van der Waals surface area contributed by atoms with Gasteiger partial charge in [0.2, 0.25) is 0 Å². The SMILES string of the molecule is CCc1cccc(N2Cc3cc(-c4cnc(OC)c(OC)c4)ccc3C2=O)c1. The third-order valence-electron chi connectivity index (χ3n) is 5.10. The van der Waals surface area contributed by atoms with E-state index in [9.17, 15) is 4.79 Å². The summed E-state index contributed by atoms with van der Waals surface area (Å²) < 4.78 is 10.6. The van der Waals surface area contributed by atoms with E-state index in [1.807, 2.05) is 35.2 Å². The lowest BCUT2D eigenvalue weighted by Crippen LogP contribution is -2.22. The van der Waals surface area contributed by atoms with Crippen molar-refractivity contribution in [3.63, 3.8) is 0 Å². The molecule has 3 aromatic rings. The molecule has 1 aromatic heterocycles. The Morgan fingerprint density at radius 2 is 1.89 bits per heavy atom. The number of carbonyl (C=O) groups excluding carboxylic acids is 1. The molecule has 142 valence electrons. The number of anilines is 1. The first-order valence-corrected chi connectivity index (χ1v) is 9.26. The van der Waals surface area contributed by atoms with Gasteiger partial charge in [-0.05, 0) is 53.4 Å². The maximum absolute atomic E-state index is 12.9. The van der Waals surface area contributed by atoms with Gasteiger partial charge in [0.15, 0.2) is 5.75 Å². The Hall–Kier alpha value is -3.34. The molecule has 1 aliphatic heterocycles. The number of carbonyl (C=O) groups is 1. The summed E-state index contributed by atoms with van der Waals surface area (Å²) in [5.41, 5.74) is 5.83. The number of benzene rings is 2. The number of hydrogen-bond donors (Lipinski definition) is 0. The van der Waals surface area contributed by atoms with E-state index >= 15 is 0 Å². The van der Waals surface area contributed by atoms with Gasteiger partial charge in [-0.2, -0.15) is 0 Å². The average molecular weight is 374 g/mol. The molecule has 0 bridgehead atoms. The third kappa shape index (κ3) is 3.09. The van der Waals surface area contributed by atoms with Gasteiger partial charge in [0.05, 0.1) is 20.8 Å². The Kier molecular flexibility index (Phi) is 4.74. The number of methoxy groups -OCH3 is 2. The Morgan fingerprint density at radius 3 is 2.64 bits per heavy atom. The number of hydrogen-bond acceptors (Lipinski definition) is 4. The quantitative estimate of drug-likeness (QED) is 0.660. The largest absolute Gasteiger partial charge is 0.491 e. The molecule has 5 heteroatoms. The highest BCUT2D eigenvalue weighted by atomic mass is 16.5. The van der Waals surface area contributed by atoms with Crippen LogP contribution in [0.1, 0.15) is 28.4 Å². The second kappa shape index (κ2) is 7.35. The van der Waals surface area contributed by atoms with Crippen LogP contribution in [-0.4, -0.2) is 25.1 Å². The highest BCUT2D eigenvalue weighted by Gasteiger charge is 2.28. The number of rotatable bonds is 5. The molecule has 0 aliphatic carbocycles. The summed E-state index contributed by atoms with van der Waals surface area (Å²) in [5, 5.41) is 0. The molecule has 1 aliphatic rings. The van der Waals surface area contributed by atoms with E-state index < -0.39 is 0 Å². The van der Waals surface area contributed by atoms with E-state index in [2.05, 4.69) is 30.1 Å². The molecule has 2 aromatic carbocycles. The van der Waals surface area contributed by atoms with Crippen molar-refractivity contribution in [3.05, 3.63) is 71.4 Å². The molecule has 0 atom stereocenters. The molecule has 0 fully saturated rings. The molecule has 2 heterocycles. The van der Waals surface area contributed by atoms with E-state index in [0.717, 1.165) is 34.4 Å². The van der Waals surface area contributed by atoms with Crippen LogP contribution in [-0.2, 0) is 13.0 Å². The summed E-state index contributed by atoms with van der Waals surface area (Å²) in [7, 11) is 3.15. The standard InChI is InChI=1S/C23H22N2O3/c1-4-15-6-5-7-19(10-15)25-14-18-11-16(8-9-20(18)23(25)26)17-12-21(27-2)22(28-3)24-13-17/h5-13H,4,14H2,1-3H3. The first kappa shape index (κ1) is 18.0. The van der Waals surface area contributed by atoms with Gasteiger partial charge in [-0.15, -0.1) is 0 Å². The second-order valence-electron chi connectivity index (χ2n) is 6.72. The third-order valence-corrected chi connectivity index (χ3v) is 5.10. The van der Waals surface area contributed by atoms with Crippen molar-refractivity contribution in [1.29, 1.82) is 0 Å². The predicted octanol–water partition coefficient (Wildman–Crippen LogP) is 4.49. The van der Waals surface area contributed by atoms with Crippen molar-refractivity contribution in [2.75, 3.05) is 19.1 Å². The molecule has 0 radical (unpaired) electrons. The van der Waals surface area contributed by atoms with Crippen molar-refractivity contribution in [2.45, 2.75) is 19.9 Å². The number of fused-ring (bicyclic) bond motifs is 1. The summed E-state index contributed by atoms with van der Waals surface area (Å²) >= 11 is 0. The van der Waals surface area contributed by atoms with Crippen LogP contribution in [0.3, 0.4) is 0 Å². The van der Waals surface area contributed by atoms with Gasteiger partial charge in [0.1, 0.15) is 0 Å². The smallest absolute Gasteiger partial charge is 0.258 e. The summed E-state index contributed by atoms with van der Waals surface area (Å²) in [5.74, 6) is 1.07. The van der Waals surface area contributed by atoms with Crippen LogP contribution in [0.25, 0.3) is 11.1 Å². The Balaban J connectivity index is 1.67. The molecule has 0 saturated heterocycles. The summed E-state index contributed by atoms with van der Waals surface area (Å²) in [6.07, 6.45) is 2.70. The number of pyridine rings is 1. The summed E-state index contributed by atoms with van der Waals surface area (Å²) in [6.45, 7) is 2.68. The average Bonchev–Trinajstić information content (AvgIpc) is 3.09. The van der Waals surface area contributed by atoms with Gasteiger partial charge >= 0.3 is 0 Å². The number of aromatic nitrogens is 1. The lowest BCUT2D eigenvalue weighted by atomic mass is 10.0. The van der Waals surface area contributed by atoms with Crippen LogP contribution in [0.4, 0.5) is 5.69 Å². The first-order valence-electron chi connectivity index (χ1n) is 9.26. The molecule has 4 rings (SSSR count). The minimum Gasteiger partial charge on any atom is -0.491 e. The lowest BCUT2D eigenvalue weighted by molar-refractivity contribution is 0.0996. The number of amides is 1. The van der Waals surface area contributed by atoms with Gasteiger partial charge in [0, 0.05) is 23.0 Å². The van der Waals surface area contributed by atoms with Crippen molar-refractivity contribution in [2.24, 2.45) is 0 Å². The van der Waals surface area contributed by atoms with Gasteiger partial charge in [-0.3, -0.25) is 4.79 Å². The zero-order chi connectivity index (χ0) is 19.7. The molecule has 0 spiro atoms. The molecular formula is C23H22N2O3. The first-order chi connectivity index (χ1) is 13.6. The van der Waals surface area contributed by atoms with Crippen LogP contribution in [0, 0.1) is 0 Å². The van der Waals surface area contributed by atoms with Gasteiger partial charge < -0.3 is 14.4 Å². The highest BCUT2D eigenvalue weighted by Crippen LogP contribution is 2.34. The van der Waals surface area contributed by atoms with Gasteiger partial charge in [-0.1, -0.05) is 25.1 Å². The number of ether oxygens (including phenoxy) is 2. The Bertz CT molecular complexity index is 1050. The van der Waals surface area contributed by atoms with Gasteiger partial charge in [0.25, 0.3) is 11.8 Å². The minimum absolute atomic E-state index is 0.0419. The Labute approximate surface area is 164 Å². The number of nitrogens with zero attached hydrogens (tertiary/aromatic N) is 2. The molecule has 0 N–H and O–H groups in total. The Morgan fingerprint density at radius 1 is 1.04 bits per heavy atom. The maximum Gasteiger partial charge on any atom is 0.258 e. The summed E-state index contributed by atoms with van der Waals surface area (Å²) in [6, 6.07) is 16.0. The molecule has 0 unspecified atom stereocenters. The van der Waals surface area contributed by atoms with Crippen LogP contribution >= 0.6 is 0 Å². The maximum atomic E-state index is 12.9. The van der Waals surface area contributed by atoms with Crippen LogP contribution in [0.5, 0.6) is 11.6 Å². The number of aryl methyl sites for hydroxylation is 1. The zero-order valence-electron chi connectivity index (χ0n) is 16.2. The van der Waals surface area contributed by atoms with E-state index in [1.54, 1.807) is 20.4 Å². The fourth-order valence-electron chi connectivity index (χ4n) is 3.54. The topological polar surface area (TPSA) is 51.7 Å². The van der Waals surface area contributed by atoms with Crippen molar-refractivity contribution in [1.82, 2.24) is 4.98 Å².